The predicted molar refractivity (Wildman–Crippen MR) is 89.7 cm³/mol. The quantitative estimate of drug-likeness (QED) is 0.848. The Morgan fingerprint density at radius 3 is 2.76 bits per heavy atom. The van der Waals surface area contributed by atoms with E-state index in [1.165, 1.54) is 0 Å². The van der Waals surface area contributed by atoms with Gasteiger partial charge in [-0.15, -0.1) is 11.3 Å². The van der Waals surface area contributed by atoms with Gasteiger partial charge in [0.1, 0.15) is 11.1 Å². The Bertz CT molecular complexity index is 826. The van der Waals surface area contributed by atoms with E-state index in [4.69, 9.17) is 0 Å². The minimum Gasteiger partial charge on any atom is -0.336 e. The van der Waals surface area contributed by atoms with E-state index in [0.29, 0.717) is 12.2 Å². The van der Waals surface area contributed by atoms with Gasteiger partial charge in [0.05, 0.1) is 5.56 Å². The lowest BCUT2D eigenvalue weighted by atomic mass is 9.96. The first kappa shape index (κ1) is 16.7. The normalized spacial score (nSPS) is 25.4. The van der Waals surface area contributed by atoms with Gasteiger partial charge < -0.3 is 5.32 Å². The molecule has 132 valence electrons. The molecular weight excluding hydrogens is 373 g/mol. The van der Waals surface area contributed by atoms with Gasteiger partial charge in [-0.25, -0.2) is 4.99 Å². The molecule has 25 heavy (non-hydrogen) atoms. The zero-order valence-corrected chi connectivity index (χ0v) is 14.6. The number of nitrogens with zero attached hydrogens (tertiary/aromatic N) is 3. The number of halogens is 3. The van der Waals surface area contributed by atoms with Crippen LogP contribution >= 0.6 is 23.1 Å². The molecule has 4 rings (SSSR count). The summed E-state index contributed by atoms with van der Waals surface area (Å²) in [6.07, 6.45) is -1.61. The number of nitrogens with one attached hydrogen (secondary N) is 1. The lowest BCUT2D eigenvalue weighted by Crippen LogP contribution is -2.57. The standard InChI is InChI=1S/C15H13F3N4OS2/c16-15(17,18)14(12(23)22-5-6-24-13(22)21-14)20-11-9(7-19)8-3-1-2-4-10(8)25-11/h20H,1-6H2/t14-/m1/s1. The van der Waals surface area contributed by atoms with E-state index in [1.54, 1.807) is 0 Å². The lowest BCUT2D eigenvalue weighted by molar-refractivity contribution is -0.184. The summed E-state index contributed by atoms with van der Waals surface area (Å²) in [5.74, 6) is -0.579. The Labute approximate surface area is 149 Å². The van der Waals surface area contributed by atoms with Crippen LogP contribution in [0.1, 0.15) is 28.8 Å². The number of hydrogen-bond acceptors (Lipinski definition) is 6. The maximum Gasteiger partial charge on any atom is 0.442 e. The highest BCUT2D eigenvalue weighted by atomic mass is 32.2. The van der Waals surface area contributed by atoms with Crippen LogP contribution in [-0.4, -0.2) is 40.1 Å². The number of anilines is 1. The predicted octanol–water partition coefficient (Wildman–Crippen LogP) is 3.11. The van der Waals surface area contributed by atoms with Crippen LogP contribution in [0.2, 0.25) is 0 Å². The summed E-state index contributed by atoms with van der Waals surface area (Å²) in [6.45, 7) is 0.216. The molecule has 0 radical (unpaired) electrons. The molecule has 3 aliphatic rings. The van der Waals surface area contributed by atoms with Crippen LogP contribution < -0.4 is 5.32 Å². The molecule has 1 aliphatic carbocycles. The zero-order chi connectivity index (χ0) is 17.8. The molecule has 1 atom stereocenters. The number of aliphatic imine (C=N–C) groups is 1. The van der Waals surface area contributed by atoms with E-state index in [1.807, 2.05) is 6.07 Å². The van der Waals surface area contributed by atoms with Gasteiger partial charge in [-0.2, -0.15) is 18.4 Å². The molecule has 1 saturated heterocycles. The van der Waals surface area contributed by atoms with Gasteiger partial charge in [-0.05, 0) is 31.2 Å². The third kappa shape index (κ3) is 2.36. The second kappa shape index (κ2) is 5.64. The number of hydrogen-bond donors (Lipinski definition) is 1. The van der Waals surface area contributed by atoms with Gasteiger partial charge in [-0.1, -0.05) is 11.8 Å². The van der Waals surface area contributed by atoms with Crippen LogP contribution in [0, 0.1) is 11.3 Å². The summed E-state index contributed by atoms with van der Waals surface area (Å²) in [5, 5.41) is 12.0. The number of nitriles is 1. The van der Waals surface area contributed by atoms with Crippen molar-refractivity contribution in [1.29, 1.82) is 5.26 Å². The van der Waals surface area contributed by atoms with Crippen LogP contribution in [0.15, 0.2) is 4.99 Å². The summed E-state index contributed by atoms with van der Waals surface area (Å²) in [5.41, 5.74) is -2.00. The van der Waals surface area contributed by atoms with Gasteiger partial charge >= 0.3 is 11.8 Å². The number of thioether (sulfide) groups is 1. The van der Waals surface area contributed by atoms with Crippen molar-refractivity contribution in [3.05, 3.63) is 16.0 Å². The van der Waals surface area contributed by atoms with E-state index in [9.17, 15) is 23.2 Å². The topological polar surface area (TPSA) is 68.5 Å². The van der Waals surface area contributed by atoms with Gasteiger partial charge in [0, 0.05) is 17.2 Å². The number of carbonyl (C=O) groups is 1. The number of rotatable bonds is 2. The Hall–Kier alpha value is -1.73. The van der Waals surface area contributed by atoms with Crippen LogP contribution in [-0.2, 0) is 17.6 Å². The number of carbonyl (C=O) groups excluding carboxylic acids is 1. The Morgan fingerprint density at radius 1 is 1.32 bits per heavy atom. The SMILES string of the molecule is N#Cc1c(N[C@@]2(C(F)(F)F)N=C3SCCN3C2=O)sc2c1CCCC2. The molecule has 10 heteroatoms. The van der Waals surface area contributed by atoms with Crippen molar-refractivity contribution in [1.82, 2.24) is 4.90 Å². The highest BCUT2D eigenvalue weighted by Gasteiger charge is 2.67. The van der Waals surface area contributed by atoms with E-state index in [0.717, 1.165) is 57.7 Å². The number of amidine groups is 1. The highest BCUT2D eigenvalue weighted by Crippen LogP contribution is 2.46. The number of alkyl halides is 3. The third-order valence-electron chi connectivity index (χ3n) is 4.58. The minimum absolute atomic E-state index is 0.0923. The van der Waals surface area contributed by atoms with Crippen molar-refractivity contribution in [2.75, 3.05) is 17.6 Å². The molecule has 3 heterocycles. The highest BCUT2D eigenvalue weighted by molar-refractivity contribution is 8.14. The van der Waals surface area contributed by atoms with Crippen LogP contribution in [0.3, 0.4) is 0 Å². The average molecular weight is 386 g/mol. The Balaban J connectivity index is 1.80. The van der Waals surface area contributed by atoms with Crippen molar-refractivity contribution in [3.63, 3.8) is 0 Å². The van der Waals surface area contributed by atoms with Gasteiger partial charge in [0.2, 0.25) is 0 Å². The monoisotopic (exact) mass is 386 g/mol. The average Bonchev–Trinajstić information content (AvgIpc) is 3.21. The second-order valence-electron chi connectivity index (χ2n) is 6.06. The lowest BCUT2D eigenvalue weighted by Gasteiger charge is -2.29. The molecule has 0 spiro atoms. The largest absolute Gasteiger partial charge is 0.442 e. The molecule has 1 amide bonds. The van der Waals surface area contributed by atoms with Crippen LogP contribution in [0.25, 0.3) is 0 Å². The number of fused-ring (bicyclic) bond motifs is 2. The maximum absolute atomic E-state index is 13.9. The molecular formula is C15H13F3N4OS2. The first-order valence-electron chi connectivity index (χ1n) is 7.81. The Kier molecular flexibility index (Phi) is 3.77. The van der Waals surface area contributed by atoms with Crippen molar-refractivity contribution in [2.24, 2.45) is 4.99 Å². The molecule has 0 aromatic carbocycles. The number of thiophene rings is 1. The van der Waals surface area contributed by atoms with Crippen molar-refractivity contribution in [3.8, 4) is 6.07 Å². The van der Waals surface area contributed by atoms with E-state index < -0.39 is 17.7 Å². The van der Waals surface area contributed by atoms with Crippen molar-refractivity contribution in [2.45, 2.75) is 37.5 Å². The molecule has 1 aromatic heterocycles. The molecule has 0 bridgehead atoms. The molecule has 1 aromatic rings. The Morgan fingerprint density at radius 2 is 2.08 bits per heavy atom. The first-order valence-corrected chi connectivity index (χ1v) is 9.62. The first-order chi connectivity index (χ1) is 11.9. The summed E-state index contributed by atoms with van der Waals surface area (Å²) < 4.78 is 41.6. The van der Waals surface area contributed by atoms with Crippen LogP contribution in [0.4, 0.5) is 18.2 Å². The molecule has 0 saturated carbocycles. The van der Waals surface area contributed by atoms with Crippen molar-refractivity contribution >= 4 is 39.2 Å². The zero-order valence-electron chi connectivity index (χ0n) is 12.9. The molecule has 0 unspecified atom stereocenters. The van der Waals surface area contributed by atoms with Crippen molar-refractivity contribution < 1.29 is 18.0 Å². The molecule has 2 aliphatic heterocycles. The molecule has 5 nitrogen and oxygen atoms in total. The summed E-state index contributed by atoms with van der Waals surface area (Å²) in [6, 6.07) is 2.01. The van der Waals surface area contributed by atoms with E-state index in [-0.39, 0.29) is 22.3 Å². The smallest absolute Gasteiger partial charge is 0.336 e. The van der Waals surface area contributed by atoms with E-state index in [2.05, 4.69) is 10.3 Å². The van der Waals surface area contributed by atoms with Gasteiger partial charge in [0.25, 0.3) is 5.91 Å². The molecule has 1 N–H and O–H groups in total. The summed E-state index contributed by atoms with van der Waals surface area (Å²) in [7, 11) is 0. The minimum atomic E-state index is -4.90. The fraction of sp³-hybridized carbons (Fsp3) is 0.533. The fourth-order valence-electron chi connectivity index (χ4n) is 3.34. The number of amides is 1. The van der Waals surface area contributed by atoms with E-state index >= 15 is 0 Å². The van der Waals surface area contributed by atoms with Gasteiger partial charge in [-0.3, -0.25) is 9.69 Å². The summed E-state index contributed by atoms with van der Waals surface area (Å²) >= 11 is 2.27. The second-order valence-corrected chi connectivity index (χ2v) is 8.23. The maximum atomic E-state index is 13.9. The third-order valence-corrected chi connectivity index (χ3v) is 6.75. The number of aryl methyl sites for hydroxylation is 1. The summed E-state index contributed by atoms with van der Waals surface area (Å²) in [4.78, 5) is 18.3. The van der Waals surface area contributed by atoms with Gasteiger partial charge in [0.15, 0.2) is 5.17 Å². The van der Waals surface area contributed by atoms with Crippen LogP contribution in [0.5, 0.6) is 0 Å². The molecule has 1 fully saturated rings. The fourth-order valence-corrected chi connectivity index (χ4v) is 5.62.